The summed E-state index contributed by atoms with van der Waals surface area (Å²) in [5.41, 5.74) is 0.698. The molecule has 1 aromatic heterocycles. The molecule has 1 N–H and O–H groups in total. The molecule has 0 amide bonds. The topological polar surface area (TPSA) is 60.8 Å². The maximum absolute atomic E-state index is 8.96. The number of aromatic nitrogens is 1. The van der Waals surface area contributed by atoms with Gasteiger partial charge < -0.3 is 19.3 Å². The predicted molar refractivity (Wildman–Crippen MR) is 76.8 cm³/mol. The number of para-hydroxylation sites is 1. The molecule has 1 heterocycles. The molecule has 0 saturated heterocycles. The molecule has 20 heavy (non-hydrogen) atoms. The number of rotatable bonds is 7. The number of ether oxygens (including phenoxy) is 3. The summed E-state index contributed by atoms with van der Waals surface area (Å²) in [7, 11) is 3.17. The zero-order valence-corrected chi connectivity index (χ0v) is 12.3. The Balaban J connectivity index is 1.97. The maximum Gasteiger partial charge on any atom is 0.203 e. The summed E-state index contributed by atoms with van der Waals surface area (Å²) in [6, 6.07) is 5.51. The number of benzene rings is 1. The van der Waals surface area contributed by atoms with Crippen molar-refractivity contribution in [3.05, 3.63) is 34.3 Å². The van der Waals surface area contributed by atoms with Crippen LogP contribution in [0.1, 0.15) is 10.7 Å². The molecule has 0 bridgehead atoms. The van der Waals surface area contributed by atoms with Gasteiger partial charge in [0.25, 0.3) is 0 Å². The van der Waals surface area contributed by atoms with Crippen LogP contribution in [0.5, 0.6) is 17.2 Å². The number of hydrogen-bond acceptors (Lipinski definition) is 6. The Morgan fingerprint density at radius 3 is 2.65 bits per heavy atom. The van der Waals surface area contributed by atoms with Crippen LogP contribution in [0.2, 0.25) is 0 Å². The van der Waals surface area contributed by atoms with Crippen LogP contribution in [0.4, 0.5) is 0 Å². The third kappa shape index (κ3) is 3.40. The van der Waals surface area contributed by atoms with Gasteiger partial charge in [-0.1, -0.05) is 6.07 Å². The summed E-state index contributed by atoms with van der Waals surface area (Å²) >= 11 is 1.52. The molecule has 108 valence electrons. The minimum absolute atomic E-state index is 0.0267. The van der Waals surface area contributed by atoms with E-state index < -0.39 is 0 Å². The van der Waals surface area contributed by atoms with Crippen LogP contribution in [0.15, 0.2) is 23.6 Å². The summed E-state index contributed by atoms with van der Waals surface area (Å²) in [6.45, 7) is 0.461. The number of aliphatic hydroxyl groups is 1. The molecule has 0 spiro atoms. The second-order valence-electron chi connectivity index (χ2n) is 3.98. The van der Waals surface area contributed by atoms with E-state index in [0.29, 0.717) is 36.0 Å². The van der Waals surface area contributed by atoms with Gasteiger partial charge in [-0.2, -0.15) is 0 Å². The Morgan fingerprint density at radius 2 is 2.00 bits per heavy atom. The van der Waals surface area contributed by atoms with Gasteiger partial charge >= 0.3 is 0 Å². The molecule has 0 aliphatic carbocycles. The average molecular weight is 295 g/mol. The molecule has 5 nitrogen and oxygen atoms in total. The number of aliphatic hydroxyl groups excluding tert-OH is 1. The van der Waals surface area contributed by atoms with E-state index in [9.17, 15) is 0 Å². The predicted octanol–water partition coefficient (Wildman–Crippen LogP) is 2.27. The smallest absolute Gasteiger partial charge is 0.203 e. The number of nitrogens with zero attached hydrogens (tertiary/aromatic N) is 1. The van der Waals surface area contributed by atoms with Crippen molar-refractivity contribution in [2.24, 2.45) is 0 Å². The normalized spacial score (nSPS) is 10.3. The van der Waals surface area contributed by atoms with Crippen molar-refractivity contribution in [3.8, 4) is 17.2 Å². The van der Waals surface area contributed by atoms with Gasteiger partial charge in [-0.25, -0.2) is 4.98 Å². The monoisotopic (exact) mass is 295 g/mol. The number of hydrogen-bond donors (Lipinski definition) is 1. The zero-order valence-electron chi connectivity index (χ0n) is 11.5. The van der Waals surface area contributed by atoms with E-state index in [4.69, 9.17) is 19.3 Å². The standard InChI is InChI=1S/C14H17NO4S/c1-17-11-4-3-5-12(14(11)18-2)19-7-6-13-15-10(8-16)9-20-13/h3-5,9,16H,6-8H2,1-2H3. The molecule has 0 unspecified atom stereocenters. The molecule has 0 saturated carbocycles. The van der Waals surface area contributed by atoms with Crippen molar-refractivity contribution in [1.82, 2.24) is 4.98 Å². The number of methoxy groups -OCH3 is 2. The first-order valence-corrected chi connectivity index (χ1v) is 7.04. The van der Waals surface area contributed by atoms with Crippen LogP contribution in [0, 0.1) is 0 Å². The van der Waals surface area contributed by atoms with Gasteiger partial charge in [-0.15, -0.1) is 11.3 Å². The van der Waals surface area contributed by atoms with E-state index in [1.807, 2.05) is 23.6 Å². The van der Waals surface area contributed by atoms with Crippen LogP contribution in [0.25, 0.3) is 0 Å². The fourth-order valence-corrected chi connectivity index (χ4v) is 2.53. The first-order chi connectivity index (χ1) is 9.78. The van der Waals surface area contributed by atoms with Crippen molar-refractivity contribution in [2.75, 3.05) is 20.8 Å². The van der Waals surface area contributed by atoms with Crippen molar-refractivity contribution < 1.29 is 19.3 Å². The largest absolute Gasteiger partial charge is 0.493 e. The lowest BCUT2D eigenvalue weighted by atomic mass is 10.3. The van der Waals surface area contributed by atoms with E-state index in [2.05, 4.69) is 4.98 Å². The van der Waals surface area contributed by atoms with Gasteiger partial charge in [0.05, 0.1) is 38.1 Å². The third-order valence-corrected chi connectivity index (χ3v) is 3.66. The fraction of sp³-hybridized carbons (Fsp3) is 0.357. The van der Waals surface area contributed by atoms with Gasteiger partial charge in [0, 0.05) is 11.8 Å². The molecule has 6 heteroatoms. The van der Waals surface area contributed by atoms with Crippen LogP contribution in [0.3, 0.4) is 0 Å². The summed E-state index contributed by atoms with van der Waals surface area (Å²) in [6.07, 6.45) is 0.686. The van der Waals surface area contributed by atoms with Gasteiger partial charge in [0.1, 0.15) is 0 Å². The van der Waals surface area contributed by atoms with E-state index >= 15 is 0 Å². The van der Waals surface area contributed by atoms with E-state index in [1.165, 1.54) is 11.3 Å². The van der Waals surface area contributed by atoms with Gasteiger partial charge in [0.2, 0.25) is 5.75 Å². The van der Waals surface area contributed by atoms with E-state index in [1.54, 1.807) is 14.2 Å². The van der Waals surface area contributed by atoms with Gasteiger partial charge in [-0.3, -0.25) is 0 Å². The molecule has 0 aliphatic rings. The van der Waals surface area contributed by atoms with Crippen LogP contribution < -0.4 is 14.2 Å². The number of thiazole rings is 1. The lowest BCUT2D eigenvalue weighted by molar-refractivity contribution is 0.276. The van der Waals surface area contributed by atoms with Crippen LogP contribution in [-0.4, -0.2) is 30.9 Å². The summed E-state index contributed by atoms with van der Waals surface area (Å²) in [5, 5.41) is 11.8. The Kier molecular flexibility index (Phi) is 5.20. The Bertz CT molecular complexity index is 556. The Morgan fingerprint density at radius 1 is 1.20 bits per heavy atom. The Hall–Kier alpha value is -1.79. The maximum atomic E-state index is 8.96. The third-order valence-electron chi connectivity index (χ3n) is 2.70. The highest BCUT2D eigenvalue weighted by Gasteiger charge is 2.10. The lowest BCUT2D eigenvalue weighted by Crippen LogP contribution is -2.03. The second-order valence-corrected chi connectivity index (χ2v) is 4.92. The van der Waals surface area contributed by atoms with Gasteiger partial charge in [0.15, 0.2) is 11.5 Å². The summed E-state index contributed by atoms with van der Waals surface area (Å²) in [5.74, 6) is 1.87. The van der Waals surface area contributed by atoms with E-state index in [-0.39, 0.29) is 6.61 Å². The van der Waals surface area contributed by atoms with Crippen molar-refractivity contribution in [1.29, 1.82) is 0 Å². The summed E-state index contributed by atoms with van der Waals surface area (Å²) in [4.78, 5) is 4.27. The van der Waals surface area contributed by atoms with Crippen molar-refractivity contribution >= 4 is 11.3 Å². The first kappa shape index (κ1) is 14.6. The highest BCUT2D eigenvalue weighted by molar-refractivity contribution is 7.09. The molecule has 1 aromatic carbocycles. The average Bonchev–Trinajstić information content (AvgIpc) is 2.94. The molecule has 2 aromatic rings. The SMILES string of the molecule is COc1cccc(OCCc2nc(CO)cs2)c1OC. The summed E-state index contributed by atoms with van der Waals surface area (Å²) < 4.78 is 16.2. The molecule has 0 atom stereocenters. The van der Waals surface area contributed by atoms with Crippen LogP contribution in [-0.2, 0) is 13.0 Å². The Labute approximate surface area is 121 Å². The lowest BCUT2D eigenvalue weighted by Gasteiger charge is -2.13. The quantitative estimate of drug-likeness (QED) is 0.849. The highest BCUT2D eigenvalue weighted by Crippen LogP contribution is 2.36. The molecule has 0 radical (unpaired) electrons. The highest BCUT2D eigenvalue weighted by atomic mass is 32.1. The minimum Gasteiger partial charge on any atom is -0.493 e. The van der Waals surface area contributed by atoms with Gasteiger partial charge in [-0.05, 0) is 12.1 Å². The van der Waals surface area contributed by atoms with E-state index in [0.717, 1.165) is 5.01 Å². The molecule has 0 aliphatic heterocycles. The van der Waals surface area contributed by atoms with Crippen LogP contribution >= 0.6 is 11.3 Å². The second kappa shape index (κ2) is 7.12. The first-order valence-electron chi connectivity index (χ1n) is 6.16. The molecular weight excluding hydrogens is 278 g/mol. The fourth-order valence-electron chi connectivity index (χ4n) is 1.76. The minimum atomic E-state index is -0.0267. The molecular formula is C14H17NO4S. The molecule has 2 rings (SSSR count). The van der Waals surface area contributed by atoms with Crippen molar-refractivity contribution in [3.63, 3.8) is 0 Å². The van der Waals surface area contributed by atoms with Crippen molar-refractivity contribution in [2.45, 2.75) is 13.0 Å². The molecule has 0 fully saturated rings. The zero-order chi connectivity index (χ0) is 14.4.